The van der Waals surface area contributed by atoms with Crippen LogP contribution in [0.4, 0.5) is 4.39 Å². The number of benzene rings is 1. The van der Waals surface area contributed by atoms with E-state index in [2.05, 4.69) is 5.32 Å². The molecule has 5 aliphatic rings. The molecule has 4 heterocycles. The molecule has 8 heteroatoms. The lowest BCUT2D eigenvalue weighted by Gasteiger charge is -2.41. The number of carbonyl (C=O) groups excluding carboxylic acids is 2. The van der Waals surface area contributed by atoms with Crippen molar-refractivity contribution in [2.45, 2.75) is 62.1 Å². The third-order valence-electron chi connectivity index (χ3n) is 7.27. The van der Waals surface area contributed by atoms with E-state index in [1.165, 1.54) is 6.07 Å². The Bertz CT molecular complexity index is 856. The van der Waals surface area contributed by atoms with Crippen molar-refractivity contribution in [3.63, 3.8) is 0 Å². The SMILES string of the molecule is O=C1COC[C@@]2(CCN3C(=O)CCOc4cccc(F)c4[C@H]4CC[C@H](CC4)OC[C@H]32)N1. The quantitative estimate of drug-likeness (QED) is 0.680. The standard InChI is InChI=1S/C23H29FN2O5/c24-17-2-1-3-18-22(17)15-4-6-16(7-5-15)31-12-19-23(14-29-13-20(27)25-23)9-10-26(19)21(28)8-11-30-18/h1-3,15-16,19H,4-14H2,(H,25,27)/t15-,16+,19-,23+/m0/s1. The highest BCUT2D eigenvalue weighted by atomic mass is 19.1. The molecule has 0 unspecified atom stereocenters. The Morgan fingerprint density at radius 1 is 1.16 bits per heavy atom. The Hall–Kier alpha value is -2.19. The Morgan fingerprint density at radius 3 is 2.81 bits per heavy atom. The summed E-state index contributed by atoms with van der Waals surface area (Å²) >= 11 is 0. The van der Waals surface area contributed by atoms with Gasteiger partial charge in [0.1, 0.15) is 18.2 Å². The van der Waals surface area contributed by atoms with Gasteiger partial charge in [0.15, 0.2) is 0 Å². The van der Waals surface area contributed by atoms with Crippen LogP contribution in [0.25, 0.3) is 0 Å². The first kappa shape index (κ1) is 20.7. The fourth-order valence-electron chi connectivity index (χ4n) is 5.66. The minimum atomic E-state index is -0.601. The van der Waals surface area contributed by atoms with Gasteiger partial charge in [0, 0.05) is 12.1 Å². The molecule has 1 aromatic rings. The minimum Gasteiger partial charge on any atom is -0.493 e. The van der Waals surface area contributed by atoms with Gasteiger partial charge in [-0.25, -0.2) is 4.39 Å². The van der Waals surface area contributed by atoms with Gasteiger partial charge in [0.05, 0.1) is 43.9 Å². The van der Waals surface area contributed by atoms with E-state index < -0.39 is 5.54 Å². The number of nitrogens with zero attached hydrogens (tertiary/aromatic N) is 1. The number of amides is 2. The van der Waals surface area contributed by atoms with Crippen LogP contribution in [0.15, 0.2) is 18.2 Å². The molecule has 2 bridgehead atoms. The van der Waals surface area contributed by atoms with E-state index in [9.17, 15) is 14.0 Å². The maximum atomic E-state index is 14.7. The van der Waals surface area contributed by atoms with Crippen LogP contribution >= 0.6 is 0 Å². The summed E-state index contributed by atoms with van der Waals surface area (Å²) in [5.41, 5.74) is 0.0288. The van der Waals surface area contributed by atoms with Crippen molar-refractivity contribution < 1.29 is 28.2 Å². The van der Waals surface area contributed by atoms with Crippen molar-refractivity contribution in [1.29, 1.82) is 0 Å². The largest absolute Gasteiger partial charge is 0.493 e. The Labute approximate surface area is 181 Å². The first-order valence-electron chi connectivity index (χ1n) is 11.3. The molecule has 1 N–H and O–H groups in total. The predicted molar refractivity (Wildman–Crippen MR) is 109 cm³/mol. The first-order valence-corrected chi connectivity index (χ1v) is 11.3. The van der Waals surface area contributed by atoms with Crippen LogP contribution in [0.2, 0.25) is 0 Å². The second-order valence-electron chi connectivity index (χ2n) is 9.11. The zero-order valence-electron chi connectivity index (χ0n) is 17.6. The van der Waals surface area contributed by atoms with Crippen LogP contribution in [0, 0.1) is 5.82 Å². The average Bonchev–Trinajstić information content (AvgIpc) is 3.09. The molecule has 0 aromatic heterocycles. The normalized spacial score (nSPS) is 34.0. The lowest BCUT2D eigenvalue weighted by atomic mass is 9.82. The monoisotopic (exact) mass is 432 g/mol. The van der Waals surface area contributed by atoms with Crippen LogP contribution in [0.5, 0.6) is 5.75 Å². The number of hydrogen-bond donors (Lipinski definition) is 1. The van der Waals surface area contributed by atoms with E-state index >= 15 is 0 Å². The zero-order valence-corrected chi connectivity index (χ0v) is 17.6. The van der Waals surface area contributed by atoms with Gasteiger partial charge in [-0.05, 0) is 50.2 Å². The molecule has 3 fully saturated rings. The van der Waals surface area contributed by atoms with Crippen molar-refractivity contribution >= 4 is 11.8 Å². The van der Waals surface area contributed by atoms with Gasteiger partial charge >= 0.3 is 0 Å². The van der Waals surface area contributed by atoms with Gasteiger partial charge < -0.3 is 24.4 Å². The summed E-state index contributed by atoms with van der Waals surface area (Å²) in [7, 11) is 0. The highest BCUT2D eigenvalue weighted by Crippen LogP contribution is 2.41. The summed E-state index contributed by atoms with van der Waals surface area (Å²) in [6.45, 7) is 1.51. The Balaban J connectivity index is 1.41. The molecule has 1 spiro atoms. The van der Waals surface area contributed by atoms with Crippen LogP contribution in [0.3, 0.4) is 0 Å². The molecule has 31 heavy (non-hydrogen) atoms. The first-order chi connectivity index (χ1) is 15.1. The van der Waals surface area contributed by atoms with Crippen LogP contribution < -0.4 is 10.1 Å². The third-order valence-corrected chi connectivity index (χ3v) is 7.27. The molecular weight excluding hydrogens is 403 g/mol. The number of ether oxygens (including phenoxy) is 3. The van der Waals surface area contributed by atoms with E-state index in [0.29, 0.717) is 37.5 Å². The molecule has 6 rings (SSSR count). The maximum absolute atomic E-state index is 14.7. The highest BCUT2D eigenvalue weighted by molar-refractivity contribution is 5.80. The van der Waals surface area contributed by atoms with Crippen LogP contribution in [-0.4, -0.2) is 67.4 Å². The second-order valence-corrected chi connectivity index (χ2v) is 9.11. The second kappa shape index (κ2) is 8.39. The number of morpholine rings is 1. The lowest BCUT2D eigenvalue weighted by Crippen LogP contribution is -2.65. The summed E-state index contributed by atoms with van der Waals surface area (Å²) in [5.74, 6) is 0.189. The number of hydrogen-bond acceptors (Lipinski definition) is 5. The molecule has 1 aliphatic carbocycles. The summed E-state index contributed by atoms with van der Waals surface area (Å²) in [6, 6.07) is 4.66. The number of carbonyl (C=O) groups is 2. The van der Waals surface area contributed by atoms with Crippen molar-refractivity contribution in [3.8, 4) is 5.75 Å². The molecule has 2 atom stereocenters. The van der Waals surface area contributed by atoms with Crippen LogP contribution in [-0.2, 0) is 19.1 Å². The molecular formula is C23H29FN2O5. The van der Waals surface area contributed by atoms with Crippen molar-refractivity contribution in [3.05, 3.63) is 29.6 Å². The molecule has 0 radical (unpaired) electrons. The predicted octanol–water partition coefficient (Wildman–Crippen LogP) is 2.14. The molecule has 1 aromatic carbocycles. The zero-order chi connectivity index (χ0) is 21.4. The van der Waals surface area contributed by atoms with Gasteiger partial charge in [0.25, 0.3) is 0 Å². The average molecular weight is 432 g/mol. The van der Waals surface area contributed by atoms with E-state index in [0.717, 1.165) is 25.7 Å². The van der Waals surface area contributed by atoms with Crippen LogP contribution in [0.1, 0.15) is 50.0 Å². The number of nitrogens with one attached hydrogen (secondary N) is 1. The van der Waals surface area contributed by atoms with E-state index in [-0.39, 0.29) is 55.3 Å². The van der Waals surface area contributed by atoms with Gasteiger partial charge in [-0.1, -0.05) is 6.07 Å². The molecule has 2 saturated heterocycles. The van der Waals surface area contributed by atoms with Crippen molar-refractivity contribution in [2.24, 2.45) is 0 Å². The number of fused-ring (bicyclic) bond motifs is 6. The smallest absolute Gasteiger partial charge is 0.246 e. The Morgan fingerprint density at radius 2 is 2.00 bits per heavy atom. The van der Waals surface area contributed by atoms with E-state index in [4.69, 9.17) is 14.2 Å². The molecule has 4 aliphatic heterocycles. The van der Waals surface area contributed by atoms with Gasteiger partial charge in [-0.2, -0.15) is 0 Å². The van der Waals surface area contributed by atoms with E-state index in [1.54, 1.807) is 12.1 Å². The van der Waals surface area contributed by atoms with Crippen molar-refractivity contribution in [2.75, 3.05) is 33.0 Å². The third kappa shape index (κ3) is 3.91. The molecule has 168 valence electrons. The fraction of sp³-hybridized carbons (Fsp3) is 0.652. The van der Waals surface area contributed by atoms with Gasteiger partial charge in [-0.3, -0.25) is 9.59 Å². The van der Waals surface area contributed by atoms with Crippen molar-refractivity contribution in [1.82, 2.24) is 10.2 Å². The molecule has 2 amide bonds. The van der Waals surface area contributed by atoms with E-state index in [1.807, 2.05) is 4.90 Å². The minimum absolute atomic E-state index is 0.0505. The molecule has 7 nitrogen and oxygen atoms in total. The molecule has 1 saturated carbocycles. The maximum Gasteiger partial charge on any atom is 0.246 e. The van der Waals surface area contributed by atoms with Gasteiger partial charge in [0.2, 0.25) is 11.8 Å². The lowest BCUT2D eigenvalue weighted by molar-refractivity contribution is -0.143. The van der Waals surface area contributed by atoms with Gasteiger partial charge in [-0.15, -0.1) is 0 Å². The summed E-state index contributed by atoms with van der Waals surface area (Å²) in [4.78, 5) is 27.0. The summed E-state index contributed by atoms with van der Waals surface area (Å²) in [6.07, 6.45) is 4.21. The summed E-state index contributed by atoms with van der Waals surface area (Å²) < 4.78 is 32.4. The fourth-order valence-corrected chi connectivity index (χ4v) is 5.66. The number of rotatable bonds is 0. The highest BCUT2D eigenvalue weighted by Gasteiger charge is 2.52. The Kier molecular flexibility index (Phi) is 5.60. The topological polar surface area (TPSA) is 77.1 Å². The summed E-state index contributed by atoms with van der Waals surface area (Å²) in [5, 5.41) is 3.10. The number of halogens is 1.